The lowest BCUT2D eigenvalue weighted by atomic mass is 9.88. The first-order chi connectivity index (χ1) is 12.7. The van der Waals surface area contributed by atoms with Crippen LogP contribution < -0.4 is 0 Å². The summed E-state index contributed by atoms with van der Waals surface area (Å²) in [5.41, 5.74) is 3.94. The summed E-state index contributed by atoms with van der Waals surface area (Å²) in [6, 6.07) is 8.33. The third-order valence-corrected chi connectivity index (χ3v) is 5.75. The summed E-state index contributed by atoms with van der Waals surface area (Å²) < 4.78 is 0. The Bertz CT molecular complexity index is 596. The molecule has 1 heteroatoms. The highest BCUT2D eigenvalue weighted by molar-refractivity contribution is 5.94. The van der Waals surface area contributed by atoms with Gasteiger partial charge in [-0.2, -0.15) is 0 Å². The van der Waals surface area contributed by atoms with E-state index in [2.05, 4.69) is 30.4 Å². The molecule has 0 aliphatic heterocycles. The molecule has 26 heavy (non-hydrogen) atoms. The average Bonchev–Trinajstić information content (AvgIpc) is 3.07. The van der Waals surface area contributed by atoms with E-state index in [0.717, 1.165) is 11.5 Å². The molecule has 0 saturated heterocycles. The Morgan fingerprint density at radius 2 is 1.58 bits per heavy atom. The van der Waals surface area contributed by atoms with Crippen LogP contribution in [0.1, 0.15) is 100 Å². The van der Waals surface area contributed by atoms with E-state index < -0.39 is 0 Å². The van der Waals surface area contributed by atoms with Crippen LogP contribution in [0.3, 0.4) is 0 Å². The lowest BCUT2D eigenvalue weighted by Gasteiger charge is -2.17. The normalized spacial score (nSPS) is 21.0. The minimum atomic E-state index is 0.157. The number of carbonyl (C=O) groups excluding carboxylic acids is 1. The molecular formula is C25H36O. The van der Waals surface area contributed by atoms with Gasteiger partial charge in [-0.05, 0) is 82.1 Å². The van der Waals surface area contributed by atoms with Crippen molar-refractivity contribution in [2.24, 2.45) is 5.92 Å². The molecule has 0 aromatic heterocycles. The molecule has 1 nitrogen and oxygen atoms in total. The number of benzene rings is 1. The van der Waals surface area contributed by atoms with Crippen molar-refractivity contribution in [3.05, 3.63) is 59.2 Å². The maximum Gasteiger partial charge on any atom is 0.159 e. The van der Waals surface area contributed by atoms with Crippen LogP contribution in [0.15, 0.2) is 48.1 Å². The van der Waals surface area contributed by atoms with E-state index in [-0.39, 0.29) is 5.78 Å². The summed E-state index contributed by atoms with van der Waals surface area (Å²) in [7, 11) is 0. The number of ketones is 1. The van der Waals surface area contributed by atoms with E-state index in [1.807, 2.05) is 26.0 Å². The minimum absolute atomic E-state index is 0.157. The first-order valence-electron chi connectivity index (χ1n) is 10.7. The van der Waals surface area contributed by atoms with Crippen molar-refractivity contribution in [3.8, 4) is 0 Å². The first-order valence-corrected chi connectivity index (χ1v) is 10.7. The van der Waals surface area contributed by atoms with Crippen molar-refractivity contribution in [2.45, 2.75) is 84.5 Å². The van der Waals surface area contributed by atoms with Crippen molar-refractivity contribution in [2.75, 3.05) is 0 Å². The number of rotatable bonds is 4. The van der Waals surface area contributed by atoms with Gasteiger partial charge in [0.2, 0.25) is 0 Å². The standard InChI is InChI=1S/C23H30O.C2H6/c1-18(24)21-13-15-23(16-14-21)22-10-6-9-20(11-12-22)17-19-7-4-2-3-5-8-19;1-2/h2-3,9,13-16,19,22H,4-8,10-12,17H2,1H3;1-2H3. The van der Waals surface area contributed by atoms with Gasteiger partial charge in [-0.25, -0.2) is 0 Å². The van der Waals surface area contributed by atoms with Gasteiger partial charge in [0.1, 0.15) is 0 Å². The van der Waals surface area contributed by atoms with E-state index in [9.17, 15) is 4.79 Å². The van der Waals surface area contributed by atoms with Gasteiger partial charge >= 0.3 is 0 Å². The molecular weight excluding hydrogens is 316 g/mol. The summed E-state index contributed by atoms with van der Waals surface area (Å²) >= 11 is 0. The van der Waals surface area contributed by atoms with Crippen molar-refractivity contribution >= 4 is 5.78 Å². The molecule has 0 saturated carbocycles. The van der Waals surface area contributed by atoms with Gasteiger partial charge in [-0.1, -0.05) is 61.9 Å². The summed E-state index contributed by atoms with van der Waals surface area (Å²) in [4.78, 5) is 11.4. The smallest absolute Gasteiger partial charge is 0.159 e. The lowest BCUT2D eigenvalue weighted by molar-refractivity contribution is 0.101. The number of hydrogen-bond acceptors (Lipinski definition) is 1. The number of Topliss-reactive ketones (excluding diaryl/α,β-unsaturated/α-hetero) is 1. The first kappa shape index (κ1) is 20.7. The molecule has 3 rings (SSSR count). The molecule has 142 valence electrons. The summed E-state index contributed by atoms with van der Waals surface area (Å²) in [5.74, 6) is 1.69. The monoisotopic (exact) mass is 352 g/mol. The van der Waals surface area contributed by atoms with Crippen LogP contribution in [0.4, 0.5) is 0 Å². The highest BCUT2D eigenvalue weighted by Crippen LogP contribution is 2.35. The van der Waals surface area contributed by atoms with E-state index >= 15 is 0 Å². The third-order valence-electron chi connectivity index (χ3n) is 5.75. The van der Waals surface area contributed by atoms with Crippen LogP contribution in [0.5, 0.6) is 0 Å². The molecule has 0 N–H and O–H groups in total. The second-order valence-electron chi connectivity index (χ2n) is 7.55. The molecule has 1 aromatic rings. The summed E-state index contributed by atoms with van der Waals surface area (Å²) in [6.45, 7) is 5.64. The fourth-order valence-electron chi connectivity index (χ4n) is 4.22. The van der Waals surface area contributed by atoms with Crippen LogP contribution in [-0.2, 0) is 0 Å². The Hall–Kier alpha value is -1.63. The zero-order chi connectivity index (χ0) is 18.8. The van der Waals surface area contributed by atoms with Crippen molar-refractivity contribution < 1.29 is 4.79 Å². The second kappa shape index (κ2) is 11.2. The van der Waals surface area contributed by atoms with Crippen LogP contribution >= 0.6 is 0 Å². The Labute approximate surface area is 160 Å². The van der Waals surface area contributed by atoms with Crippen LogP contribution in [0.2, 0.25) is 0 Å². The summed E-state index contributed by atoms with van der Waals surface area (Å²) in [6.07, 6.45) is 18.8. The zero-order valence-corrected chi connectivity index (χ0v) is 17.0. The number of hydrogen-bond donors (Lipinski definition) is 0. The van der Waals surface area contributed by atoms with E-state index in [0.29, 0.717) is 5.92 Å². The van der Waals surface area contributed by atoms with Crippen molar-refractivity contribution in [1.82, 2.24) is 0 Å². The lowest BCUT2D eigenvalue weighted by Crippen LogP contribution is -2.02. The molecule has 2 aliphatic rings. The fraction of sp³-hybridized carbons (Fsp3) is 0.560. The van der Waals surface area contributed by atoms with Gasteiger partial charge in [0.25, 0.3) is 0 Å². The van der Waals surface area contributed by atoms with Gasteiger partial charge in [-0.3, -0.25) is 4.79 Å². The minimum Gasteiger partial charge on any atom is -0.295 e. The molecule has 1 aromatic carbocycles. The Balaban J connectivity index is 0.00000117. The molecule has 0 amide bonds. The third kappa shape index (κ3) is 6.27. The van der Waals surface area contributed by atoms with Gasteiger partial charge in [0.05, 0.1) is 0 Å². The zero-order valence-electron chi connectivity index (χ0n) is 17.0. The fourth-order valence-corrected chi connectivity index (χ4v) is 4.22. The van der Waals surface area contributed by atoms with Gasteiger partial charge < -0.3 is 0 Å². The Kier molecular flexibility index (Phi) is 8.88. The number of carbonyl (C=O) groups is 1. The van der Waals surface area contributed by atoms with Gasteiger partial charge in [0.15, 0.2) is 5.78 Å². The van der Waals surface area contributed by atoms with Crippen LogP contribution in [0, 0.1) is 5.92 Å². The molecule has 0 spiro atoms. The highest BCUT2D eigenvalue weighted by atomic mass is 16.1. The van der Waals surface area contributed by atoms with E-state index in [4.69, 9.17) is 0 Å². The highest BCUT2D eigenvalue weighted by Gasteiger charge is 2.18. The summed E-state index contributed by atoms with van der Waals surface area (Å²) in [5, 5.41) is 0. The van der Waals surface area contributed by atoms with Crippen molar-refractivity contribution in [3.63, 3.8) is 0 Å². The molecule has 0 radical (unpaired) electrons. The maximum absolute atomic E-state index is 11.4. The largest absolute Gasteiger partial charge is 0.295 e. The molecule has 1 atom stereocenters. The van der Waals surface area contributed by atoms with Crippen LogP contribution in [0.25, 0.3) is 0 Å². The predicted octanol–water partition coefficient (Wildman–Crippen LogP) is 7.64. The van der Waals surface area contributed by atoms with Gasteiger partial charge in [-0.15, -0.1) is 0 Å². The van der Waals surface area contributed by atoms with Crippen LogP contribution in [-0.4, -0.2) is 5.78 Å². The Morgan fingerprint density at radius 1 is 0.923 bits per heavy atom. The van der Waals surface area contributed by atoms with Crippen molar-refractivity contribution in [1.29, 1.82) is 0 Å². The molecule has 2 aliphatic carbocycles. The molecule has 1 unspecified atom stereocenters. The molecule has 0 fully saturated rings. The Morgan fingerprint density at radius 3 is 2.19 bits per heavy atom. The molecule has 0 heterocycles. The SMILES string of the molecule is CC.CC(=O)c1ccc(C2CCC=C(CC3CCC=CCC3)CC2)cc1. The quantitative estimate of drug-likeness (QED) is 0.402. The van der Waals surface area contributed by atoms with E-state index in [1.165, 1.54) is 63.4 Å². The van der Waals surface area contributed by atoms with E-state index in [1.54, 1.807) is 12.5 Å². The predicted molar refractivity (Wildman–Crippen MR) is 113 cm³/mol. The number of allylic oxidation sites excluding steroid dienone is 4. The topological polar surface area (TPSA) is 17.1 Å². The average molecular weight is 353 g/mol. The molecule has 0 bridgehead atoms. The second-order valence-corrected chi connectivity index (χ2v) is 7.55. The maximum atomic E-state index is 11.4. The van der Waals surface area contributed by atoms with Gasteiger partial charge in [0, 0.05) is 5.56 Å².